The van der Waals surface area contributed by atoms with E-state index >= 15 is 0 Å². The zero-order valence-electron chi connectivity index (χ0n) is 25.0. The number of aromatic nitrogens is 1. The van der Waals surface area contributed by atoms with Crippen LogP contribution in [0.3, 0.4) is 0 Å². The van der Waals surface area contributed by atoms with Gasteiger partial charge in [0.15, 0.2) is 0 Å². The largest absolute Gasteiger partial charge is 0.267 e. The van der Waals surface area contributed by atoms with E-state index in [9.17, 15) is 21.0 Å². The van der Waals surface area contributed by atoms with Crippen LogP contribution in [0.25, 0.3) is 6.08 Å². The molecule has 1 heterocycles. The zero-order valence-corrected chi connectivity index (χ0v) is 27.4. The molecule has 0 bridgehead atoms. The van der Waals surface area contributed by atoms with Crippen molar-refractivity contribution in [1.82, 2.24) is 8.28 Å². The van der Waals surface area contributed by atoms with E-state index in [1.807, 2.05) is 56.3 Å². The Balaban J connectivity index is 1.56. The van der Waals surface area contributed by atoms with Crippen molar-refractivity contribution in [2.75, 3.05) is 6.54 Å². The fourth-order valence-corrected chi connectivity index (χ4v) is 8.51. The molecule has 1 unspecified atom stereocenters. The third kappa shape index (κ3) is 7.77. The molecule has 0 N–H and O–H groups in total. The Bertz CT molecular complexity index is 2020. The van der Waals surface area contributed by atoms with E-state index in [1.54, 1.807) is 66.7 Å². The summed E-state index contributed by atoms with van der Waals surface area (Å²) in [5, 5.41) is 0. The summed E-state index contributed by atoms with van der Waals surface area (Å²) in [6, 6.07) is 31.6. The maximum atomic E-state index is 14.0. The maximum absolute atomic E-state index is 14.0. The van der Waals surface area contributed by atoms with Gasteiger partial charge in [0.1, 0.15) is 0 Å². The molecule has 0 radical (unpaired) electrons. The van der Waals surface area contributed by atoms with Crippen molar-refractivity contribution in [2.24, 2.45) is 0 Å². The number of benzene rings is 4. The molecule has 0 spiro atoms. The Morgan fingerprint density at radius 2 is 1.22 bits per heavy atom. The number of hydrogen-bond donors (Lipinski definition) is 0. The lowest BCUT2D eigenvalue weighted by Gasteiger charge is -2.21. The topological polar surface area (TPSA) is 93.5 Å². The summed E-state index contributed by atoms with van der Waals surface area (Å²) in [5.74, 6) is 0.00797. The van der Waals surface area contributed by atoms with Crippen LogP contribution >= 0.6 is 0 Å². The van der Waals surface area contributed by atoms with Gasteiger partial charge in [0.25, 0.3) is 10.0 Å². The second kappa shape index (κ2) is 13.9. The molecule has 1 atom stereocenters. The lowest BCUT2D eigenvalue weighted by molar-refractivity contribution is 0.438. The zero-order chi connectivity index (χ0) is 32.0. The molecule has 45 heavy (non-hydrogen) atoms. The van der Waals surface area contributed by atoms with Gasteiger partial charge in [-0.1, -0.05) is 96.1 Å². The Labute approximate surface area is 268 Å². The van der Waals surface area contributed by atoms with Gasteiger partial charge < -0.3 is 0 Å². The maximum Gasteiger partial charge on any atom is 0.267 e. The van der Waals surface area contributed by atoms with Crippen molar-refractivity contribution in [3.8, 4) is 0 Å². The van der Waals surface area contributed by atoms with Crippen molar-refractivity contribution in [3.63, 3.8) is 0 Å². The minimum absolute atomic E-state index is 0.00797. The standard InChI is InChI=1S/C35H34N2O5S3/c1-28-15-19-34(20-16-28)44(39,40)36(23-9-12-30-10-5-3-6-11-30)24-31-25-37(45(41,42)35-21-17-29(2)18-22-35)26-32(31)27-43(38)33-13-7-4-8-14-33/h3-22,25-26H,23-24,27H2,1-2H3/b12-9+. The number of aryl methyl sites for hydroxylation is 2. The first kappa shape index (κ1) is 32.3. The second-order valence-electron chi connectivity index (χ2n) is 10.7. The normalized spacial score (nSPS) is 13.0. The van der Waals surface area contributed by atoms with Crippen molar-refractivity contribution in [2.45, 2.75) is 40.8 Å². The van der Waals surface area contributed by atoms with E-state index in [0.717, 1.165) is 20.7 Å². The fraction of sp³-hybridized carbons (Fsp3) is 0.143. The average Bonchev–Trinajstić information content (AvgIpc) is 3.44. The van der Waals surface area contributed by atoms with Gasteiger partial charge in [-0.2, -0.15) is 4.31 Å². The van der Waals surface area contributed by atoms with Gasteiger partial charge in [0.05, 0.1) is 26.3 Å². The first-order valence-electron chi connectivity index (χ1n) is 14.3. The predicted molar refractivity (Wildman–Crippen MR) is 179 cm³/mol. The quantitative estimate of drug-likeness (QED) is 0.152. The van der Waals surface area contributed by atoms with Crippen LogP contribution in [0.5, 0.6) is 0 Å². The molecular formula is C35H34N2O5S3. The van der Waals surface area contributed by atoms with Crippen LogP contribution in [0.4, 0.5) is 0 Å². The summed E-state index contributed by atoms with van der Waals surface area (Å²) in [5.41, 5.74) is 3.68. The third-order valence-electron chi connectivity index (χ3n) is 7.29. The lowest BCUT2D eigenvalue weighted by atomic mass is 10.2. The van der Waals surface area contributed by atoms with Gasteiger partial charge >= 0.3 is 0 Å². The summed E-state index contributed by atoms with van der Waals surface area (Å²) >= 11 is 0. The summed E-state index contributed by atoms with van der Waals surface area (Å²) in [6.07, 6.45) is 6.49. The molecule has 5 rings (SSSR count). The highest BCUT2D eigenvalue weighted by molar-refractivity contribution is 7.90. The molecule has 0 saturated carbocycles. The first-order valence-corrected chi connectivity index (χ1v) is 18.5. The molecule has 0 amide bonds. The van der Waals surface area contributed by atoms with Gasteiger partial charge in [0, 0.05) is 30.4 Å². The number of sulfonamides is 1. The average molecular weight is 659 g/mol. The lowest BCUT2D eigenvalue weighted by Crippen LogP contribution is -2.31. The van der Waals surface area contributed by atoms with Crippen molar-refractivity contribution >= 4 is 36.9 Å². The monoisotopic (exact) mass is 658 g/mol. The van der Waals surface area contributed by atoms with Gasteiger partial charge in [-0.3, -0.25) is 4.21 Å². The van der Waals surface area contributed by atoms with Crippen molar-refractivity contribution in [3.05, 3.63) is 155 Å². The summed E-state index contributed by atoms with van der Waals surface area (Å²) in [4.78, 5) is 0.815. The molecule has 0 saturated heterocycles. The molecule has 0 aliphatic carbocycles. The van der Waals surface area contributed by atoms with Gasteiger partial charge in [-0.05, 0) is 66.9 Å². The minimum atomic E-state index is -4.00. The number of rotatable bonds is 12. The molecular weight excluding hydrogens is 625 g/mol. The molecule has 5 aromatic rings. The van der Waals surface area contributed by atoms with Crippen LogP contribution in [0, 0.1) is 13.8 Å². The van der Waals surface area contributed by atoms with E-state index in [1.165, 1.54) is 28.8 Å². The van der Waals surface area contributed by atoms with E-state index < -0.39 is 30.8 Å². The molecule has 232 valence electrons. The van der Waals surface area contributed by atoms with Crippen LogP contribution in [0.2, 0.25) is 0 Å². The highest BCUT2D eigenvalue weighted by Gasteiger charge is 2.27. The van der Waals surface area contributed by atoms with Crippen LogP contribution in [-0.2, 0) is 43.1 Å². The third-order valence-corrected chi connectivity index (χ3v) is 12.1. The number of nitrogens with zero attached hydrogens (tertiary/aromatic N) is 2. The van der Waals surface area contributed by atoms with Gasteiger partial charge in [0.2, 0.25) is 10.0 Å². The molecule has 7 nitrogen and oxygen atoms in total. The molecule has 0 fully saturated rings. The predicted octanol–water partition coefficient (Wildman–Crippen LogP) is 6.55. The van der Waals surface area contributed by atoms with E-state index in [-0.39, 0.29) is 28.6 Å². The Morgan fingerprint density at radius 3 is 1.82 bits per heavy atom. The molecule has 10 heteroatoms. The van der Waals surface area contributed by atoms with Gasteiger partial charge in [-0.25, -0.2) is 20.8 Å². The summed E-state index contributed by atoms with van der Waals surface area (Å²) in [7, 11) is -9.51. The van der Waals surface area contributed by atoms with Crippen molar-refractivity contribution in [1.29, 1.82) is 0 Å². The highest BCUT2D eigenvalue weighted by Crippen LogP contribution is 2.26. The highest BCUT2D eigenvalue weighted by atomic mass is 32.2. The van der Waals surface area contributed by atoms with Crippen molar-refractivity contribution < 1.29 is 21.0 Å². The summed E-state index contributed by atoms with van der Waals surface area (Å²) < 4.78 is 71.2. The second-order valence-corrected chi connectivity index (χ2v) is 15.9. The first-order chi connectivity index (χ1) is 21.5. The van der Waals surface area contributed by atoms with Gasteiger partial charge in [-0.15, -0.1) is 0 Å². The molecule has 4 aromatic carbocycles. The molecule has 0 aliphatic heterocycles. The minimum Gasteiger partial charge on any atom is -0.254 e. The van der Waals surface area contributed by atoms with Crippen LogP contribution < -0.4 is 0 Å². The Hall–Kier alpha value is -4.09. The molecule has 1 aromatic heterocycles. The molecule has 0 aliphatic rings. The SMILES string of the molecule is Cc1ccc(S(=O)(=O)N(C/C=C/c2ccccc2)Cc2cn(S(=O)(=O)c3ccc(C)cc3)cc2CS(=O)c2ccccc2)cc1. The smallest absolute Gasteiger partial charge is 0.254 e. The Kier molecular flexibility index (Phi) is 9.99. The fourth-order valence-electron chi connectivity index (χ4n) is 4.72. The Morgan fingerprint density at radius 1 is 0.689 bits per heavy atom. The van der Waals surface area contributed by atoms with Crippen LogP contribution in [0.1, 0.15) is 27.8 Å². The van der Waals surface area contributed by atoms with E-state index in [2.05, 4.69) is 0 Å². The van der Waals surface area contributed by atoms with Crippen LogP contribution in [0.15, 0.2) is 142 Å². The number of hydrogen-bond acceptors (Lipinski definition) is 5. The van der Waals surface area contributed by atoms with E-state index in [4.69, 9.17) is 0 Å². The van der Waals surface area contributed by atoms with Crippen LogP contribution in [-0.4, -0.2) is 35.9 Å². The summed E-state index contributed by atoms with van der Waals surface area (Å²) in [6.45, 7) is 3.65. The van der Waals surface area contributed by atoms with E-state index in [0.29, 0.717) is 16.0 Å².